The van der Waals surface area contributed by atoms with Gasteiger partial charge in [-0.05, 0) is 12.8 Å². The van der Waals surface area contributed by atoms with Crippen molar-refractivity contribution < 1.29 is 9.90 Å². The van der Waals surface area contributed by atoms with Gasteiger partial charge >= 0.3 is 5.97 Å². The minimum absolute atomic E-state index is 0.0850. The number of hydrogen-bond donors (Lipinski definition) is 3. The van der Waals surface area contributed by atoms with Crippen LogP contribution in [0.4, 0.5) is 5.82 Å². The number of nitrogens with one attached hydrogen (secondary N) is 2. The van der Waals surface area contributed by atoms with E-state index in [9.17, 15) is 14.7 Å². The Kier molecular flexibility index (Phi) is 3.64. The molecule has 1 aromatic heterocycles. The molecule has 0 unspecified atom stereocenters. The number of rotatable bonds is 3. The Labute approximate surface area is 104 Å². The van der Waals surface area contributed by atoms with Crippen LogP contribution in [-0.4, -0.2) is 26.6 Å². The lowest BCUT2D eigenvalue weighted by Gasteiger charge is -2.29. The summed E-state index contributed by atoms with van der Waals surface area (Å²) in [5.41, 5.74) is -1.44. The van der Waals surface area contributed by atoms with Crippen LogP contribution in [0.3, 0.4) is 0 Å². The van der Waals surface area contributed by atoms with E-state index in [0.29, 0.717) is 12.8 Å². The van der Waals surface area contributed by atoms with Gasteiger partial charge in [-0.1, -0.05) is 25.7 Å². The molecule has 3 N–H and O–H groups in total. The van der Waals surface area contributed by atoms with E-state index in [4.69, 9.17) is 0 Å². The van der Waals surface area contributed by atoms with Crippen molar-refractivity contribution in [1.29, 1.82) is 0 Å². The van der Waals surface area contributed by atoms with Crippen molar-refractivity contribution in [2.24, 2.45) is 0 Å². The zero-order valence-corrected chi connectivity index (χ0v) is 10.1. The first-order valence-corrected chi connectivity index (χ1v) is 6.19. The van der Waals surface area contributed by atoms with Gasteiger partial charge in [-0.25, -0.2) is 9.78 Å². The second kappa shape index (κ2) is 5.20. The van der Waals surface area contributed by atoms with Crippen LogP contribution in [0, 0.1) is 0 Å². The van der Waals surface area contributed by atoms with Crippen LogP contribution in [0.15, 0.2) is 17.2 Å². The summed E-state index contributed by atoms with van der Waals surface area (Å²) < 4.78 is 0. The fourth-order valence-electron chi connectivity index (χ4n) is 2.39. The summed E-state index contributed by atoms with van der Waals surface area (Å²) in [6.07, 6.45) is 7.69. The SMILES string of the molecule is O=C(O)C1(Nc2ncc[nH]c2=O)CCCCCC1. The summed E-state index contributed by atoms with van der Waals surface area (Å²) in [6, 6.07) is 0. The number of aromatic nitrogens is 2. The summed E-state index contributed by atoms with van der Waals surface area (Å²) >= 11 is 0. The number of H-pyrrole nitrogens is 1. The first kappa shape index (κ1) is 12.6. The van der Waals surface area contributed by atoms with Gasteiger partial charge in [-0.15, -0.1) is 0 Å². The lowest BCUT2D eigenvalue weighted by molar-refractivity contribution is -0.142. The fourth-order valence-corrected chi connectivity index (χ4v) is 2.39. The molecule has 98 valence electrons. The Morgan fingerprint density at radius 3 is 2.56 bits per heavy atom. The highest BCUT2D eigenvalue weighted by Gasteiger charge is 2.39. The van der Waals surface area contributed by atoms with Crippen LogP contribution in [0.1, 0.15) is 38.5 Å². The largest absolute Gasteiger partial charge is 0.480 e. The van der Waals surface area contributed by atoms with Crippen molar-refractivity contribution in [2.45, 2.75) is 44.1 Å². The molecule has 2 rings (SSSR count). The zero-order valence-electron chi connectivity index (χ0n) is 10.1. The molecular formula is C12H17N3O3. The van der Waals surface area contributed by atoms with Gasteiger partial charge in [0.2, 0.25) is 0 Å². The van der Waals surface area contributed by atoms with Crippen LogP contribution in [0.25, 0.3) is 0 Å². The molecule has 6 nitrogen and oxygen atoms in total. The molecule has 0 bridgehead atoms. The number of carbonyl (C=O) groups is 1. The molecule has 1 aromatic rings. The van der Waals surface area contributed by atoms with Gasteiger partial charge in [0.05, 0.1) is 0 Å². The predicted octanol–water partition coefficient (Wildman–Crippen LogP) is 1.36. The Hall–Kier alpha value is -1.85. The van der Waals surface area contributed by atoms with E-state index in [1.54, 1.807) is 0 Å². The summed E-state index contributed by atoms with van der Waals surface area (Å²) in [4.78, 5) is 29.5. The first-order valence-electron chi connectivity index (χ1n) is 6.19. The molecule has 1 fully saturated rings. The maximum absolute atomic E-state index is 11.6. The minimum Gasteiger partial charge on any atom is -0.480 e. The van der Waals surface area contributed by atoms with E-state index in [0.717, 1.165) is 25.7 Å². The predicted molar refractivity (Wildman–Crippen MR) is 66.5 cm³/mol. The van der Waals surface area contributed by atoms with Crippen LogP contribution in [-0.2, 0) is 4.79 Å². The van der Waals surface area contributed by atoms with Crippen molar-refractivity contribution in [3.8, 4) is 0 Å². The topological polar surface area (TPSA) is 95.1 Å². The molecule has 0 aliphatic heterocycles. The molecule has 1 aliphatic carbocycles. The van der Waals surface area contributed by atoms with Gasteiger partial charge in [0.25, 0.3) is 5.56 Å². The van der Waals surface area contributed by atoms with Crippen molar-refractivity contribution >= 4 is 11.8 Å². The third-order valence-corrected chi connectivity index (χ3v) is 3.43. The average molecular weight is 251 g/mol. The van der Waals surface area contributed by atoms with Crippen molar-refractivity contribution in [3.63, 3.8) is 0 Å². The summed E-state index contributed by atoms with van der Waals surface area (Å²) in [5.74, 6) is -0.823. The van der Waals surface area contributed by atoms with Gasteiger partial charge in [0.15, 0.2) is 5.82 Å². The highest BCUT2D eigenvalue weighted by molar-refractivity contribution is 5.82. The number of carboxylic acids is 1. The molecule has 0 amide bonds. The van der Waals surface area contributed by atoms with E-state index in [-0.39, 0.29) is 11.4 Å². The Morgan fingerprint density at radius 2 is 2.00 bits per heavy atom. The van der Waals surface area contributed by atoms with E-state index in [2.05, 4.69) is 15.3 Å². The van der Waals surface area contributed by atoms with Gasteiger partial charge < -0.3 is 15.4 Å². The third kappa shape index (κ3) is 2.52. The number of aromatic amines is 1. The van der Waals surface area contributed by atoms with Gasteiger partial charge in [-0.3, -0.25) is 4.79 Å². The Morgan fingerprint density at radius 1 is 1.33 bits per heavy atom. The number of hydrogen-bond acceptors (Lipinski definition) is 4. The van der Waals surface area contributed by atoms with E-state index in [1.165, 1.54) is 12.4 Å². The summed E-state index contributed by atoms with van der Waals surface area (Å²) in [6.45, 7) is 0. The minimum atomic E-state index is -1.06. The quantitative estimate of drug-likeness (QED) is 0.705. The van der Waals surface area contributed by atoms with Crippen molar-refractivity contribution in [2.75, 3.05) is 5.32 Å². The Balaban J connectivity index is 2.28. The van der Waals surface area contributed by atoms with Gasteiger partial charge in [0.1, 0.15) is 5.54 Å². The summed E-state index contributed by atoms with van der Waals surface area (Å²) in [5, 5.41) is 12.3. The molecule has 1 aliphatic rings. The number of anilines is 1. The maximum atomic E-state index is 11.6. The van der Waals surface area contributed by atoms with Crippen molar-refractivity contribution in [3.05, 3.63) is 22.7 Å². The number of carboxylic acid groups (broad SMARTS) is 1. The molecule has 1 saturated carbocycles. The molecule has 0 saturated heterocycles. The lowest BCUT2D eigenvalue weighted by atomic mass is 9.90. The number of nitrogens with zero attached hydrogens (tertiary/aromatic N) is 1. The van der Waals surface area contributed by atoms with Crippen molar-refractivity contribution in [1.82, 2.24) is 9.97 Å². The second-order valence-electron chi connectivity index (χ2n) is 4.69. The van der Waals surface area contributed by atoms with E-state index >= 15 is 0 Å². The number of aliphatic carboxylic acids is 1. The van der Waals surface area contributed by atoms with Crippen LogP contribution in [0.5, 0.6) is 0 Å². The van der Waals surface area contributed by atoms with E-state index in [1.807, 2.05) is 0 Å². The van der Waals surface area contributed by atoms with Crippen LogP contribution in [0.2, 0.25) is 0 Å². The zero-order chi connectivity index (χ0) is 13.0. The molecule has 0 spiro atoms. The standard InChI is InChI=1S/C12H17N3O3/c16-10-9(13-7-8-14-10)15-12(11(17)18)5-3-1-2-4-6-12/h7-8H,1-6H2,(H,13,15)(H,14,16)(H,17,18). The van der Waals surface area contributed by atoms with Gasteiger partial charge in [0, 0.05) is 12.4 Å². The Bertz CT molecular complexity index is 475. The second-order valence-corrected chi connectivity index (χ2v) is 4.69. The molecule has 18 heavy (non-hydrogen) atoms. The monoisotopic (exact) mass is 251 g/mol. The maximum Gasteiger partial charge on any atom is 0.329 e. The third-order valence-electron chi connectivity index (χ3n) is 3.43. The fraction of sp³-hybridized carbons (Fsp3) is 0.583. The molecule has 0 aromatic carbocycles. The smallest absolute Gasteiger partial charge is 0.329 e. The van der Waals surface area contributed by atoms with Gasteiger partial charge in [-0.2, -0.15) is 0 Å². The molecule has 1 heterocycles. The van der Waals surface area contributed by atoms with Crippen LogP contribution >= 0.6 is 0 Å². The van der Waals surface area contributed by atoms with E-state index < -0.39 is 11.5 Å². The molecular weight excluding hydrogens is 234 g/mol. The normalized spacial score (nSPS) is 18.9. The molecule has 6 heteroatoms. The molecule has 0 radical (unpaired) electrons. The highest BCUT2D eigenvalue weighted by Crippen LogP contribution is 2.29. The molecule has 0 atom stereocenters. The van der Waals surface area contributed by atoms with Crippen LogP contribution < -0.4 is 10.9 Å². The first-order chi connectivity index (χ1) is 8.64. The lowest BCUT2D eigenvalue weighted by Crippen LogP contribution is -2.47. The average Bonchev–Trinajstić information content (AvgIpc) is 2.59. The summed E-state index contributed by atoms with van der Waals surface area (Å²) in [7, 11) is 0. The highest BCUT2D eigenvalue weighted by atomic mass is 16.4.